The summed E-state index contributed by atoms with van der Waals surface area (Å²) in [5.41, 5.74) is 2.71. The van der Waals surface area contributed by atoms with Gasteiger partial charge in [-0.2, -0.15) is 0 Å². The summed E-state index contributed by atoms with van der Waals surface area (Å²) in [4.78, 5) is 28.0. The van der Waals surface area contributed by atoms with Crippen LogP contribution in [0.2, 0.25) is 0 Å². The van der Waals surface area contributed by atoms with Gasteiger partial charge in [-0.15, -0.1) is 0 Å². The average Bonchev–Trinajstić information content (AvgIpc) is 3.00. The number of nitrogens with zero attached hydrogens (tertiary/aromatic N) is 1. The van der Waals surface area contributed by atoms with E-state index in [-0.39, 0.29) is 23.5 Å². The van der Waals surface area contributed by atoms with Crippen LogP contribution in [0.1, 0.15) is 31.4 Å². The third-order valence-electron chi connectivity index (χ3n) is 6.71. The summed E-state index contributed by atoms with van der Waals surface area (Å²) in [7, 11) is -1.18. The van der Waals surface area contributed by atoms with E-state index in [9.17, 15) is 19.7 Å². The molecule has 2 N–H and O–H groups in total. The first-order valence-corrected chi connectivity index (χ1v) is 11.1. The highest BCUT2D eigenvalue weighted by Crippen LogP contribution is 2.52. The Hall–Kier alpha value is -2.42. The molecule has 3 aliphatic rings. The van der Waals surface area contributed by atoms with Crippen molar-refractivity contribution in [2.45, 2.75) is 25.9 Å². The summed E-state index contributed by atoms with van der Waals surface area (Å²) in [6.45, 7) is 1.89. The molecule has 2 aliphatic heterocycles. The van der Waals surface area contributed by atoms with Crippen molar-refractivity contribution in [1.29, 1.82) is 0 Å². The monoisotopic (exact) mass is 481 g/mol. The normalized spacial score (nSPS) is 28.1. The van der Waals surface area contributed by atoms with E-state index in [0.29, 0.717) is 29.6 Å². The van der Waals surface area contributed by atoms with Gasteiger partial charge in [0.25, 0.3) is 0 Å². The van der Waals surface area contributed by atoms with Gasteiger partial charge in [0.05, 0.1) is 23.6 Å². The fourth-order valence-corrected chi connectivity index (χ4v) is 5.75. The molecular formula is C23H21BBrNO5. The molecule has 31 heavy (non-hydrogen) atoms. The van der Waals surface area contributed by atoms with E-state index in [1.165, 1.54) is 4.90 Å². The van der Waals surface area contributed by atoms with Gasteiger partial charge in [-0.25, -0.2) is 0 Å². The highest BCUT2D eigenvalue weighted by molar-refractivity contribution is 9.10. The number of rotatable bonds is 2. The molecule has 2 amide bonds. The first-order chi connectivity index (χ1) is 14.9. The lowest BCUT2D eigenvalue weighted by atomic mass is 9.55. The molecule has 5 rings (SSSR count). The molecule has 0 unspecified atom stereocenters. The smallest absolute Gasteiger partial charge is 0.487 e. The van der Waals surface area contributed by atoms with E-state index >= 15 is 0 Å². The lowest BCUT2D eigenvalue weighted by molar-refractivity contribution is -0.123. The van der Waals surface area contributed by atoms with E-state index in [4.69, 9.17) is 4.65 Å². The Morgan fingerprint density at radius 3 is 2.58 bits per heavy atom. The molecule has 8 heteroatoms. The topological polar surface area (TPSA) is 87.1 Å². The van der Waals surface area contributed by atoms with Crippen LogP contribution in [0.25, 0.3) is 0 Å². The summed E-state index contributed by atoms with van der Waals surface area (Å²) in [6, 6.07) is 14.0. The minimum absolute atomic E-state index is 0.0663. The highest BCUT2D eigenvalue weighted by Gasteiger charge is 2.57. The first-order valence-electron chi connectivity index (χ1n) is 10.3. The Bertz CT molecular complexity index is 1100. The number of hydrogen-bond acceptors (Lipinski definition) is 5. The molecule has 2 saturated heterocycles. The number of halogens is 1. The third kappa shape index (κ3) is 3.25. The molecule has 6 nitrogen and oxygen atoms in total. The number of carbonyl (C=O) groups excluding carboxylic acids is 2. The fraction of sp³-hybridized carbons (Fsp3) is 0.304. The number of anilines is 1. The van der Waals surface area contributed by atoms with Crippen LogP contribution in [0.3, 0.4) is 0 Å². The van der Waals surface area contributed by atoms with Crippen molar-refractivity contribution < 1.29 is 24.4 Å². The summed E-state index contributed by atoms with van der Waals surface area (Å²) in [5, 5.41) is 21.2. The number of carbonyl (C=O) groups is 2. The van der Waals surface area contributed by atoms with Crippen LogP contribution < -0.4 is 4.90 Å². The van der Waals surface area contributed by atoms with E-state index < -0.39 is 25.1 Å². The van der Waals surface area contributed by atoms with Gasteiger partial charge in [0.15, 0.2) is 0 Å². The summed E-state index contributed by atoms with van der Waals surface area (Å²) < 4.78 is 6.65. The quantitative estimate of drug-likeness (QED) is 0.503. The van der Waals surface area contributed by atoms with Crippen molar-refractivity contribution in [3.8, 4) is 5.75 Å². The molecule has 2 aromatic carbocycles. The zero-order valence-electron chi connectivity index (χ0n) is 16.9. The molecule has 0 aromatic heterocycles. The van der Waals surface area contributed by atoms with Crippen molar-refractivity contribution in [2.24, 2.45) is 17.8 Å². The van der Waals surface area contributed by atoms with Gasteiger partial charge < -0.3 is 14.8 Å². The standard InChI is InChI=1S/C23H21BBrNO5/c1-12-9-17-20(23(29)26(22(17)28)14-5-3-2-4-6-14)16-11-19(31-24(30)21(12)16)15-10-13(25)7-8-18(15)27/h2-8,10,16-17,19-20,27,30H,9,11H2,1H3/t16-,17-,19-,20+/m0/s1. The number of phenolic OH excluding ortho intramolecular Hbond substituents is 1. The summed E-state index contributed by atoms with van der Waals surface area (Å²) >= 11 is 3.41. The zero-order chi connectivity index (χ0) is 21.9. The number of imide groups is 1. The van der Waals surface area contributed by atoms with Crippen LogP contribution in [-0.2, 0) is 14.2 Å². The number of phenols is 1. The summed E-state index contributed by atoms with van der Waals surface area (Å²) in [5.74, 6) is -1.71. The highest BCUT2D eigenvalue weighted by atomic mass is 79.9. The first kappa shape index (κ1) is 20.5. The molecule has 1 aliphatic carbocycles. The predicted molar refractivity (Wildman–Crippen MR) is 119 cm³/mol. The molecule has 158 valence electrons. The number of amides is 2. The minimum atomic E-state index is -1.18. The molecule has 0 radical (unpaired) electrons. The molecule has 2 fully saturated rings. The van der Waals surface area contributed by atoms with E-state index in [0.717, 1.165) is 10.0 Å². The van der Waals surface area contributed by atoms with Crippen molar-refractivity contribution in [2.75, 3.05) is 4.90 Å². The van der Waals surface area contributed by atoms with Crippen molar-refractivity contribution in [3.05, 3.63) is 69.6 Å². The molecule has 0 spiro atoms. The number of aromatic hydroxyl groups is 1. The molecule has 2 aromatic rings. The second kappa shape index (κ2) is 7.62. The Labute approximate surface area is 188 Å². The Balaban J connectivity index is 1.54. The fourth-order valence-electron chi connectivity index (χ4n) is 5.37. The van der Waals surface area contributed by atoms with Gasteiger partial charge in [-0.05, 0) is 61.5 Å². The third-order valence-corrected chi connectivity index (χ3v) is 7.20. The van der Waals surface area contributed by atoms with E-state index in [1.807, 2.05) is 13.0 Å². The molecular weight excluding hydrogens is 461 g/mol. The SMILES string of the molecule is CC1=C2B(O)O[C@H](c3cc(Br)ccc3O)C[C@H]2[C@H]2C(=O)N(c3ccccc3)C(=O)[C@H]2C1. The Morgan fingerprint density at radius 2 is 1.84 bits per heavy atom. The van der Waals surface area contributed by atoms with Crippen LogP contribution in [0.4, 0.5) is 5.69 Å². The number of allylic oxidation sites excluding steroid dienone is 2. The van der Waals surface area contributed by atoms with Crippen LogP contribution in [-0.4, -0.2) is 29.1 Å². The van der Waals surface area contributed by atoms with Crippen LogP contribution in [0.5, 0.6) is 5.75 Å². The number of benzene rings is 2. The van der Waals surface area contributed by atoms with E-state index in [1.54, 1.807) is 42.5 Å². The van der Waals surface area contributed by atoms with Crippen LogP contribution in [0.15, 0.2) is 64.0 Å². The second-order valence-corrected chi connectivity index (χ2v) is 9.36. The van der Waals surface area contributed by atoms with Gasteiger partial charge in [-0.3, -0.25) is 14.5 Å². The molecule has 4 atom stereocenters. The number of fused-ring (bicyclic) bond motifs is 3. The van der Waals surface area contributed by atoms with Gasteiger partial charge in [-0.1, -0.05) is 39.7 Å². The van der Waals surface area contributed by atoms with Crippen molar-refractivity contribution in [1.82, 2.24) is 0 Å². The molecule has 0 saturated carbocycles. The maximum atomic E-state index is 13.5. The lowest BCUT2D eigenvalue weighted by Gasteiger charge is -2.41. The average molecular weight is 482 g/mol. The molecule has 2 heterocycles. The maximum absolute atomic E-state index is 13.5. The maximum Gasteiger partial charge on any atom is 0.487 e. The lowest BCUT2D eigenvalue weighted by Crippen LogP contribution is -2.44. The van der Waals surface area contributed by atoms with Crippen molar-refractivity contribution >= 4 is 40.6 Å². The number of hydrogen-bond donors (Lipinski definition) is 2. The largest absolute Gasteiger partial charge is 0.508 e. The Morgan fingerprint density at radius 1 is 1.10 bits per heavy atom. The second-order valence-electron chi connectivity index (χ2n) is 8.44. The predicted octanol–water partition coefficient (Wildman–Crippen LogP) is 3.78. The van der Waals surface area contributed by atoms with Gasteiger partial charge in [0.1, 0.15) is 5.75 Å². The minimum Gasteiger partial charge on any atom is -0.508 e. The van der Waals surface area contributed by atoms with Gasteiger partial charge in [0.2, 0.25) is 11.8 Å². The van der Waals surface area contributed by atoms with Crippen molar-refractivity contribution in [3.63, 3.8) is 0 Å². The van der Waals surface area contributed by atoms with Crippen LogP contribution >= 0.6 is 15.9 Å². The van der Waals surface area contributed by atoms with Crippen LogP contribution in [0, 0.1) is 17.8 Å². The van der Waals surface area contributed by atoms with Gasteiger partial charge >= 0.3 is 7.12 Å². The Kier molecular flexibility index (Phi) is 5.03. The van der Waals surface area contributed by atoms with E-state index in [2.05, 4.69) is 15.9 Å². The van der Waals surface area contributed by atoms with Gasteiger partial charge in [0, 0.05) is 10.0 Å². The number of para-hydroxylation sites is 1. The molecule has 0 bridgehead atoms. The zero-order valence-corrected chi connectivity index (χ0v) is 18.5. The summed E-state index contributed by atoms with van der Waals surface area (Å²) in [6.07, 6.45) is 0.232.